The van der Waals surface area contributed by atoms with Gasteiger partial charge in [0.25, 0.3) is 5.91 Å². The van der Waals surface area contributed by atoms with Gasteiger partial charge in [-0.25, -0.2) is 0 Å². The van der Waals surface area contributed by atoms with Crippen LogP contribution < -0.4 is 0 Å². The van der Waals surface area contributed by atoms with E-state index in [1.54, 1.807) is 0 Å². The third-order valence-corrected chi connectivity index (χ3v) is 3.89. The molecule has 2 heterocycles. The minimum absolute atomic E-state index is 0.0937. The zero-order valence-electron chi connectivity index (χ0n) is 11.8. The molecule has 4 heteroatoms. The summed E-state index contributed by atoms with van der Waals surface area (Å²) < 4.78 is 5.62. The minimum atomic E-state index is 0.0937. The van der Waals surface area contributed by atoms with Crippen LogP contribution >= 0.6 is 0 Å². The Bertz CT molecular complexity index is 564. The lowest BCUT2D eigenvalue weighted by Crippen LogP contribution is -2.41. The highest BCUT2D eigenvalue weighted by Gasteiger charge is 2.24. The summed E-state index contributed by atoms with van der Waals surface area (Å²) in [5, 5.41) is 1.08. The van der Waals surface area contributed by atoms with Crippen LogP contribution in [-0.4, -0.2) is 41.6 Å². The standard InChI is InChI=1S/C16H20N2O2/c1-2-20-13-7-9-18(10-8-13)16(19)15-11-12-5-3-4-6-14(12)17-15/h3-6,11,13,17H,2,7-10H2,1H3. The molecule has 4 nitrogen and oxygen atoms in total. The van der Waals surface area contributed by atoms with Crippen molar-refractivity contribution < 1.29 is 9.53 Å². The molecule has 0 spiro atoms. The number of rotatable bonds is 3. The van der Waals surface area contributed by atoms with Crippen molar-refractivity contribution in [3.05, 3.63) is 36.0 Å². The smallest absolute Gasteiger partial charge is 0.270 e. The Kier molecular flexibility index (Phi) is 3.74. The number of piperidine rings is 1. The first kappa shape index (κ1) is 13.2. The van der Waals surface area contributed by atoms with Gasteiger partial charge in [0.05, 0.1) is 6.10 Å². The number of hydrogen-bond donors (Lipinski definition) is 1. The van der Waals surface area contributed by atoms with Gasteiger partial charge < -0.3 is 14.6 Å². The molecule has 106 valence electrons. The van der Waals surface area contributed by atoms with Gasteiger partial charge in [0.2, 0.25) is 0 Å². The molecule has 0 saturated carbocycles. The van der Waals surface area contributed by atoms with E-state index in [0.29, 0.717) is 11.8 Å². The molecule has 0 atom stereocenters. The van der Waals surface area contributed by atoms with Crippen LogP contribution in [0.1, 0.15) is 30.3 Å². The van der Waals surface area contributed by atoms with Crippen molar-refractivity contribution in [2.45, 2.75) is 25.9 Å². The summed E-state index contributed by atoms with van der Waals surface area (Å²) in [5.41, 5.74) is 1.70. The molecule has 1 aliphatic rings. The number of nitrogens with one attached hydrogen (secondary N) is 1. The number of aromatic nitrogens is 1. The zero-order chi connectivity index (χ0) is 13.9. The van der Waals surface area contributed by atoms with Gasteiger partial charge in [0, 0.05) is 30.6 Å². The second-order valence-corrected chi connectivity index (χ2v) is 5.22. The Morgan fingerprint density at radius 1 is 1.35 bits per heavy atom. The number of nitrogens with zero attached hydrogens (tertiary/aromatic N) is 1. The van der Waals surface area contributed by atoms with Crippen LogP contribution in [0.25, 0.3) is 10.9 Å². The van der Waals surface area contributed by atoms with Crippen LogP contribution in [0.2, 0.25) is 0 Å². The number of amides is 1. The maximum Gasteiger partial charge on any atom is 0.270 e. The van der Waals surface area contributed by atoms with Gasteiger partial charge in [-0.1, -0.05) is 18.2 Å². The molecule has 1 saturated heterocycles. The summed E-state index contributed by atoms with van der Waals surface area (Å²) in [7, 11) is 0. The number of aromatic amines is 1. The van der Waals surface area contributed by atoms with E-state index in [4.69, 9.17) is 4.74 Å². The van der Waals surface area contributed by atoms with Crippen molar-refractivity contribution in [2.75, 3.05) is 19.7 Å². The second kappa shape index (κ2) is 5.67. The molecule has 1 N–H and O–H groups in total. The number of benzene rings is 1. The van der Waals surface area contributed by atoms with Crippen molar-refractivity contribution in [3.8, 4) is 0 Å². The fourth-order valence-electron chi connectivity index (χ4n) is 2.82. The number of carbonyl (C=O) groups excluding carboxylic acids is 1. The van der Waals surface area contributed by atoms with Crippen LogP contribution in [0.3, 0.4) is 0 Å². The minimum Gasteiger partial charge on any atom is -0.378 e. The number of H-pyrrole nitrogens is 1. The number of likely N-dealkylation sites (tertiary alicyclic amines) is 1. The zero-order valence-corrected chi connectivity index (χ0v) is 11.8. The van der Waals surface area contributed by atoms with Crippen LogP contribution in [-0.2, 0) is 4.74 Å². The molecule has 1 fully saturated rings. The Labute approximate surface area is 118 Å². The van der Waals surface area contributed by atoms with Crippen LogP contribution in [0.5, 0.6) is 0 Å². The fourth-order valence-corrected chi connectivity index (χ4v) is 2.82. The third kappa shape index (κ3) is 2.56. The number of hydrogen-bond acceptors (Lipinski definition) is 2. The summed E-state index contributed by atoms with van der Waals surface area (Å²) in [5.74, 6) is 0.0937. The average Bonchev–Trinajstić information content (AvgIpc) is 2.91. The van der Waals surface area contributed by atoms with E-state index in [1.165, 1.54) is 0 Å². The second-order valence-electron chi connectivity index (χ2n) is 5.22. The first-order valence-corrected chi connectivity index (χ1v) is 7.26. The highest BCUT2D eigenvalue weighted by atomic mass is 16.5. The highest BCUT2D eigenvalue weighted by Crippen LogP contribution is 2.19. The predicted molar refractivity (Wildman–Crippen MR) is 78.9 cm³/mol. The quantitative estimate of drug-likeness (QED) is 0.933. The summed E-state index contributed by atoms with van der Waals surface area (Å²) in [6.45, 7) is 4.32. The van der Waals surface area contributed by atoms with Gasteiger partial charge >= 0.3 is 0 Å². The highest BCUT2D eigenvalue weighted by molar-refractivity contribution is 5.98. The van der Waals surface area contributed by atoms with Gasteiger partial charge in [-0.3, -0.25) is 4.79 Å². The summed E-state index contributed by atoms with van der Waals surface area (Å²) in [4.78, 5) is 17.6. The molecule has 0 unspecified atom stereocenters. The van der Waals surface area contributed by atoms with Crippen molar-refractivity contribution >= 4 is 16.8 Å². The topological polar surface area (TPSA) is 45.3 Å². The van der Waals surface area contributed by atoms with Crippen LogP contribution in [0, 0.1) is 0 Å². The van der Waals surface area contributed by atoms with E-state index in [0.717, 1.165) is 43.4 Å². The van der Waals surface area contributed by atoms with E-state index >= 15 is 0 Å². The SMILES string of the molecule is CCOC1CCN(C(=O)c2cc3ccccc3[nH]2)CC1. The van der Waals surface area contributed by atoms with E-state index in [-0.39, 0.29) is 5.91 Å². The predicted octanol–water partition coefficient (Wildman–Crippen LogP) is 2.81. The lowest BCUT2D eigenvalue weighted by atomic mass is 10.1. The van der Waals surface area contributed by atoms with Gasteiger partial charge in [0.15, 0.2) is 0 Å². The molecule has 0 bridgehead atoms. The van der Waals surface area contributed by atoms with Gasteiger partial charge in [0.1, 0.15) is 5.69 Å². The Hall–Kier alpha value is -1.81. The first-order chi connectivity index (χ1) is 9.78. The van der Waals surface area contributed by atoms with Crippen LogP contribution in [0.4, 0.5) is 0 Å². The maximum atomic E-state index is 12.5. The molecule has 20 heavy (non-hydrogen) atoms. The summed E-state index contributed by atoms with van der Waals surface area (Å²) in [6.07, 6.45) is 2.17. The van der Waals surface area contributed by atoms with E-state index in [1.807, 2.05) is 42.2 Å². The molecule has 1 aliphatic heterocycles. The summed E-state index contributed by atoms with van der Waals surface area (Å²) >= 11 is 0. The Balaban J connectivity index is 1.70. The molecule has 2 aromatic rings. The number of fused-ring (bicyclic) bond motifs is 1. The normalized spacial score (nSPS) is 16.8. The maximum absolute atomic E-state index is 12.5. The molecule has 1 aromatic heterocycles. The van der Waals surface area contributed by atoms with Crippen molar-refractivity contribution in [2.24, 2.45) is 0 Å². The third-order valence-electron chi connectivity index (χ3n) is 3.89. The molecule has 0 aliphatic carbocycles. The van der Waals surface area contributed by atoms with Crippen molar-refractivity contribution in [3.63, 3.8) is 0 Å². The lowest BCUT2D eigenvalue weighted by molar-refractivity contribution is 0.0144. The number of para-hydroxylation sites is 1. The molecule has 1 amide bonds. The number of ether oxygens (including phenoxy) is 1. The van der Waals surface area contributed by atoms with Crippen molar-refractivity contribution in [1.29, 1.82) is 0 Å². The number of carbonyl (C=O) groups is 1. The fraction of sp³-hybridized carbons (Fsp3) is 0.438. The monoisotopic (exact) mass is 272 g/mol. The molecule has 3 rings (SSSR count). The van der Waals surface area contributed by atoms with Gasteiger partial charge in [-0.15, -0.1) is 0 Å². The van der Waals surface area contributed by atoms with Gasteiger partial charge in [-0.2, -0.15) is 0 Å². The van der Waals surface area contributed by atoms with Gasteiger partial charge in [-0.05, 0) is 31.9 Å². The average molecular weight is 272 g/mol. The molecule has 0 radical (unpaired) electrons. The Morgan fingerprint density at radius 2 is 2.10 bits per heavy atom. The van der Waals surface area contributed by atoms with Crippen LogP contribution in [0.15, 0.2) is 30.3 Å². The lowest BCUT2D eigenvalue weighted by Gasteiger charge is -2.31. The molecule has 1 aromatic carbocycles. The van der Waals surface area contributed by atoms with E-state index in [2.05, 4.69) is 4.98 Å². The Morgan fingerprint density at radius 3 is 2.80 bits per heavy atom. The van der Waals surface area contributed by atoms with Crippen molar-refractivity contribution in [1.82, 2.24) is 9.88 Å². The molecular weight excluding hydrogens is 252 g/mol. The summed E-state index contributed by atoms with van der Waals surface area (Å²) in [6, 6.07) is 9.91. The van der Waals surface area contributed by atoms with E-state index in [9.17, 15) is 4.79 Å². The largest absolute Gasteiger partial charge is 0.378 e. The van der Waals surface area contributed by atoms with E-state index < -0.39 is 0 Å². The first-order valence-electron chi connectivity index (χ1n) is 7.26. The molecular formula is C16H20N2O2.